The number of rotatable bonds is 2. The highest BCUT2D eigenvalue weighted by atomic mass is 31.1. The Balaban J connectivity index is 2.63. The van der Waals surface area contributed by atoms with Crippen LogP contribution < -0.4 is 0 Å². The maximum atomic E-state index is 3.84. The Labute approximate surface area is 42.1 Å². The summed E-state index contributed by atoms with van der Waals surface area (Å²) in [6, 6.07) is 0. The van der Waals surface area contributed by atoms with Crippen molar-refractivity contribution in [1.29, 1.82) is 0 Å². The molecule has 0 aliphatic heterocycles. The van der Waals surface area contributed by atoms with E-state index >= 15 is 0 Å². The molecule has 0 fully saturated rings. The summed E-state index contributed by atoms with van der Waals surface area (Å²) in [5, 5.41) is 0. The predicted octanol–water partition coefficient (Wildman–Crippen LogP) is 1.91. The summed E-state index contributed by atoms with van der Waals surface area (Å²) in [5.74, 6) is 0. The lowest BCUT2D eigenvalue weighted by atomic mass is 10.6. The van der Waals surface area contributed by atoms with E-state index in [4.69, 9.17) is 0 Å². The molecule has 0 aromatic heterocycles. The molecule has 0 aliphatic rings. The quantitative estimate of drug-likeness (QED) is 0.468. The lowest BCUT2D eigenvalue weighted by Gasteiger charge is -1.96. The lowest BCUT2D eigenvalue weighted by molar-refractivity contribution is 1.22. The first-order chi connectivity index (χ1) is 2.77. The van der Waals surface area contributed by atoms with E-state index in [9.17, 15) is 0 Å². The van der Waals surface area contributed by atoms with Crippen LogP contribution in [-0.4, -0.2) is 11.8 Å². The molecule has 0 bridgehead atoms. The van der Waals surface area contributed by atoms with Gasteiger partial charge in [0, 0.05) is 0 Å². The highest BCUT2D eigenvalue weighted by molar-refractivity contribution is 7.38. The molecule has 0 aliphatic carbocycles. The van der Waals surface area contributed by atoms with Gasteiger partial charge in [-0.15, -0.1) is 8.58 Å². The molecule has 0 saturated carbocycles. The third-order valence-electron chi connectivity index (χ3n) is 0.553. The molecule has 6 heavy (non-hydrogen) atoms. The topological polar surface area (TPSA) is 0 Å². The summed E-state index contributed by atoms with van der Waals surface area (Å²) in [4.78, 5) is 0. The van der Waals surface area contributed by atoms with Gasteiger partial charge >= 0.3 is 0 Å². The van der Waals surface area contributed by atoms with E-state index in [1.807, 2.05) is 0 Å². The largest absolute Gasteiger partial charge is 0.119 e. The van der Waals surface area contributed by atoms with E-state index < -0.39 is 0 Å². The molecule has 0 spiro atoms. The Bertz CT molecular complexity index is 25.1. The van der Waals surface area contributed by atoms with Crippen molar-refractivity contribution in [1.82, 2.24) is 0 Å². The summed E-state index contributed by atoms with van der Waals surface area (Å²) in [6.07, 6.45) is 1.30. The Kier molecular flexibility index (Phi) is 3.87. The molecule has 0 heterocycles. The first kappa shape index (κ1) is 6.43. The van der Waals surface area contributed by atoms with E-state index in [1.54, 1.807) is 0 Å². The van der Waals surface area contributed by atoms with E-state index in [1.165, 1.54) is 6.16 Å². The van der Waals surface area contributed by atoms with Gasteiger partial charge in [0.05, 0.1) is 0 Å². The van der Waals surface area contributed by atoms with Crippen LogP contribution in [0.4, 0.5) is 0 Å². The van der Waals surface area contributed by atoms with Crippen LogP contribution in [0.2, 0.25) is 0 Å². The van der Waals surface area contributed by atoms with E-state index in [0.29, 0.717) is 5.66 Å². The summed E-state index contributed by atoms with van der Waals surface area (Å²) in [7, 11) is 1.06. The third-order valence-corrected chi connectivity index (χ3v) is 1.66. The molecule has 0 nitrogen and oxygen atoms in total. The Morgan fingerprint density at radius 1 is 1.83 bits per heavy atom. The van der Waals surface area contributed by atoms with Gasteiger partial charge in [-0.3, -0.25) is 0 Å². The average molecular weight is 103 g/mol. The second-order valence-corrected chi connectivity index (χ2v) is 3.56. The average Bonchev–Trinajstić information content (AvgIpc) is 1.35. The molecule has 0 amide bonds. The van der Waals surface area contributed by atoms with E-state index in [2.05, 4.69) is 20.8 Å². The number of hydrogen-bond donors (Lipinski definition) is 0. The zero-order chi connectivity index (χ0) is 4.99. The molecule has 2 atom stereocenters. The van der Waals surface area contributed by atoms with Crippen molar-refractivity contribution >= 4 is 8.58 Å². The van der Waals surface area contributed by atoms with Gasteiger partial charge in [0.1, 0.15) is 0 Å². The molecule has 2 unspecified atom stereocenters. The molecule has 0 saturated heterocycles. The molecular formula is C5H12P. The summed E-state index contributed by atoms with van der Waals surface area (Å²) < 4.78 is 0. The second-order valence-electron chi connectivity index (χ2n) is 1.46. The summed E-state index contributed by atoms with van der Waals surface area (Å²) in [5.41, 5.74) is 0.676. The molecule has 0 aromatic rings. The fraction of sp³-hybridized carbons (Fsp3) is 0.800. The number of hydrogen-bond acceptors (Lipinski definition) is 0. The SMILES string of the molecule is [CH2]C(C)PCC. The maximum absolute atomic E-state index is 3.84. The van der Waals surface area contributed by atoms with Gasteiger partial charge in [-0.25, -0.2) is 0 Å². The normalized spacial score (nSPS) is 12.0. The minimum absolute atomic E-state index is 0.676. The summed E-state index contributed by atoms with van der Waals surface area (Å²) in [6.45, 7) is 8.19. The monoisotopic (exact) mass is 103 g/mol. The molecule has 0 aromatic carbocycles. The van der Waals surface area contributed by atoms with Crippen molar-refractivity contribution in [3.8, 4) is 0 Å². The van der Waals surface area contributed by atoms with Gasteiger partial charge in [0.15, 0.2) is 0 Å². The van der Waals surface area contributed by atoms with Crippen LogP contribution >= 0.6 is 8.58 Å². The molecule has 0 N–H and O–H groups in total. The molecule has 37 valence electrons. The molecule has 1 radical (unpaired) electrons. The molecule has 0 rings (SSSR count). The third kappa shape index (κ3) is 4.43. The molecular weight excluding hydrogens is 91.0 g/mol. The molecule has 1 heteroatoms. The van der Waals surface area contributed by atoms with E-state index in [-0.39, 0.29) is 0 Å². The van der Waals surface area contributed by atoms with E-state index in [0.717, 1.165) is 8.58 Å². The standard InChI is InChI=1S/C5H12P/c1-4-6-5(2)3/h5-6H,2,4H2,1,3H3. The smallest absolute Gasteiger partial charge is 0.0265 e. The second kappa shape index (κ2) is 3.61. The Hall–Kier alpha value is 0.430. The maximum Gasteiger partial charge on any atom is -0.0265 e. The Morgan fingerprint density at radius 3 is 2.33 bits per heavy atom. The highest BCUT2D eigenvalue weighted by Crippen LogP contribution is 2.14. The summed E-state index contributed by atoms with van der Waals surface area (Å²) >= 11 is 0. The van der Waals surface area contributed by atoms with Gasteiger partial charge < -0.3 is 0 Å². The predicted molar refractivity (Wildman–Crippen MR) is 33.7 cm³/mol. The van der Waals surface area contributed by atoms with Crippen molar-refractivity contribution in [3.05, 3.63) is 6.92 Å². The van der Waals surface area contributed by atoms with Crippen molar-refractivity contribution in [2.75, 3.05) is 6.16 Å². The minimum Gasteiger partial charge on any atom is -0.119 e. The zero-order valence-electron chi connectivity index (χ0n) is 4.49. The minimum atomic E-state index is 0.676. The first-order valence-corrected chi connectivity index (χ1v) is 3.62. The van der Waals surface area contributed by atoms with Gasteiger partial charge in [0.2, 0.25) is 0 Å². The fourth-order valence-electron chi connectivity index (χ4n) is 0.348. The lowest BCUT2D eigenvalue weighted by Crippen LogP contribution is -1.81. The van der Waals surface area contributed by atoms with Gasteiger partial charge in [-0.05, 0) is 18.7 Å². The van der Waals surface area contributed by atoms with Crippen LogP contribution in [0.15, 0.2) is 0 Å². The Morgan fingerprint density at radius 2 is 2.33 bits per heavy atom. The highest BCUT2D eigenvalue weighted by Gasteiger charge is 1.85. The van der Waals surface area contributed by atoms with Gasteiger partial charge in [-0.2, -0.15) is 0 Å². The van der Waals surface area contributed by atoms with Crippen LogP contribution in [0.25, 0.3) is 0 Å². The van der Waals surface area contributed by atoms with Crippen LogP contribution in [0.1, 0.15) is 13.8 Å². The first-order valence-electron chi connectivity index (χ1n) is 2.33. The van der Waals surface area contributed by atoms with Crippen molar-refractivity contribution in [2.24, 2.45) is 0 Å². The fourth-order valence-corrected chi connectivity index (χ4v) is 1.05. The van der Waals surface area contributed by atoms with Gasteiger partial charge in [0.25, 0.3) is 0 Å². The van der Waals surface area contributed by atoms with Gasteiger partial charge in [-0.1, -0.05) is 13.8 Å². The van der Waals surface area contributed by atoms with Crippen molar-refractivity contribution in [2.45, 2.75) is 19.5 Å². The van der Waals surface area contributed by atoms with Crippen LogP contribution in [-0.2, 0) is 0 Å². The van der Waals surface area contributed by atoms with Crippen molar-refractivity contribution < 1.29 is 0 Å². The van der Waals surface area contributed by atoms with Crippen LogP contribution in [0.5, 0.6) is 0 Å². The zero-order valence-corrected chi connectivity index (χ0v) is 5.49. The van der Waals surface area contributed by atoms with Crippen LogP contribution in [0.3, 0.4) is 0 Å². The van der Waals surface area contributed by atoms with Crippen molar-refractivity contribution in [3.63, 3.8) is 0 Å². The van der Waals surface area contributed by atoms with Crippen LogP contribution in [0, 0.1) is 6.92 Å².